The van der Waals surface area contributed by atoms with E-state index in [1.165, 1.54) is 12.1 Å². The summed E-state index contributed by atoms with van der Waals surface area (Å²) in [6, 6.07) is 8.91. The summed E-state index contributed by atoms with van der Waals surface area (Å²) >= 11 is 0. The van der Waals surface area contributed by atoms with Gasteiger partial charge >= 0.3 is 12.1 Å². The molecule has 0 unspecified atom stereocenters. The molecule has 1 N–H and O–H groups in total. The van der Waals surface area contributed by atoms with Gasteiger partial charge < -0.3 is 9.84 Å². The monoisotopic (exact) mass is 411 g/mol. The van der Waals surface area contributed by atoms with Crippen LogP contribution in [0.5, 0.6) is 0 Å². The largest absolute Gasteiger partial charge is 0.471 e. The number of benzene rings is 2. The maximum absolute atomic E-state index is 14.2. The molecule has 1 amide bonds. The van der Waals surface area contributed by atoms with Crippen molar-refractivity contribution >= 4 is 11.7 Å². The van der Waals surface area contributed by atoms with E-state index in [0.717, 1.165) is 0 Å². The highest BCUT2D eigenvalue weighted by atomic mass is 19.4. The molecule has 3 aromatic rings. The Kier molecular flexibility index (Phi) is 5.39. The van der Waals surface area contributed by atoms with Crippen molar-refractivity contribution in [2.75, 3.05) is 0 Å². The number of carbonyl (C=O) groups excluding carboxylic acids is 2. The van der Waals surface area contributed by atoms with Gasteiger partial charge in [0.05, 0.1) is 0 Å². The molecule has 0 saturated carbocycles. The first-order valence-corrected chi connectivity index (χ1v) is 7.93. The number of alkyl halides is 3. The Balaban J connectivity index is 1.75. The summed E-state index contributed by atoms with van der Waals surface area (Å²) < 4.78 is 69.9. The predicted molar refractivity (Wildman–Crippen MR) is 87.3 cm³/mol. The summed E-state index contributed by atoms with van der Waals surface area (Å²) in [6.45, 7) is -0.657. The Morgan fingerprint density at radius 2 is 1.66 bits per heavy atom. The SMILES string of the molecule is O=C(NCc1c(F)cc(-c2noc(C(F)(F)F)n2)cc1F)C(=O)c1ccccc1. The lowest BCUT2D eigenvalue weighted by Gasteiger charge is -2.08. The molecule has 1 heterocycles. The third kappa shape index (κ3) is 4.45. The molecule has 6 nitrogen and oxygen atoms in total. The van der Waals surface area contributed by atoms with Crippen LogP contribution in [0.2, 0.25) is 0 Å². The molecule has 0 bridgehead atoms. The Labute approximate surface area is 159 Å². The molecule has 0 atom stereocenters. The second-order valence-electron chi connectivity index (χ2n) is 5.72. The molecule has 2 aromatic carbocycles. The number of carbonyl (C=O) groups is 2. The Morgan fingerprint density at radius 1 is 1.03 bits per heavy atom. The van der Waals surface area contributed by atoms with Gasteiger partial charge in [0.15, 0.2) is 0 Å². The van der Waals surface area contributed by atoms with Crippen molar-refractivity contribution in [2.45, 2.75) is 12.7 Å². The second-order valence-corrected chi connectivity index (χ2v) is 5.72. The summed E-state index contributed by atoms with van der Waals surface area (Å²) in [6.07, 6.45) is -4.90. The van der Waals surface area contributed by atoms with Gasteiger partial charge in [0.1, 0.15) is 11.6 Å². The van der Waals surface area contributed by atoms with Gasteiger partial charge in [-0.2, -0.15) is 18.2 Å². The maximum Gasteiger partial charge on any atom is 0.471 e. The zero-order valence-corrected chi connectivity index (χ0v) is 14.3. The molecule has 0 radical (unpaired) electrons. The first kappa shape index (κ1) is 20.1. The molecule has 0 fully saturated rings. The summed E-state index contributed by atoms with van der Waals surface area (Å²) in [7, 11) is 0. The van der Waals surface area contributed by atoms with Crippen molar-refractivity contribution in [3.8, 4) is 11.4 Å². The molecule has 0 spiro atoms. The standard InChI is InChI=1S/C18H10F5N3O3/c19-12-6-10(15-25-17(29-26-15)18(21,22)23)7-13(20)11(12)8-24-16(28)14(27)9-4-2-1-3-5-9/h1-7H,8H2,(H,24,28). The highest BCUT2D eigenvalue weighted by molar-refractivity contribution is 6.42. The maximum atomic E-state index is 14.2. The van der Waals surface area contributed by atoms with E-state index >= 15 is 0 Å². The number of hydrogen-bond donors (Lipinski definition) is 1. The van der Waals surface area contributed by atoms with E-state index in [1.54, 1.807) is 18.2 Å². The Morgan fingerprint density at radius 3 is 2.21 bits per heavy atom. The zero-order chi connectivity index (χ0) is 21.2. The van der Waals surface area contributed by atoms with E-state index < -0.39 is 58.9 Å². The van der Waals surface area contributed by atoms with Crippen LogP contribution in [-0.2, 0) is 17.5 Å². The number of rotatable bonds is 5. The number of nitrogens with zero attached hydrogens (tertiary/aromatic N) is 2. The number of halogens is 5. The van der Waals surface area contributed by atoms with E-state index in [0.29, 0.717) is 12.1 Å². The van der Waals surface area contributed by atoms with E-state index in [4.69, 9.17) is 0 Å². The normalized spacial score (nSPS) is 11.3. The van der Waals surface area contributed by atoms with Gasteiger partial charge in [0.2, 0.25) is 11.6 Å². The average Bonchev–Trinajstić information content (AvgIpc) is 3.18. The van der Waals surface area contributed by atoms with Gasteiger partial charge in [-0.1, -0.05) is 35.5 Å². The zero-order valence-electron chi connectivity index (χ0n) is 14.3. The molecule has 29 heavy (non-hydrogen) atoms. The quantitative estimate of drug-likeness (QED) is 0.395. The van der Waals surface area contributed by atoms with Crippen LogP contribution in [0.15, 0.2) is 47.0 Å². The Bertz CT molecular complexity index is 1040. The van der Waals surface area contributed by atoms with Crippen molar-refractivity contribution in [2.24, 2.45) is 0 Å². The van der Waals surface area contributed by atoms with Gasteiger partial charge in [0, 0.05) is 23.2 Å². The molecule has 150 valence electrons. The summed E-state index contributed by atoms with van der Waals surface area (Å²) in [4.78, 5) is 26.9. The van der Waals surface area contributed by atoms with E-state index in [1.807, 2.05) is 0 Å². The smallest absolute Gasteiger partial charge is 0.345 e. The predicted octanol–water partition coefficient (Wildman–Crippen LogP) is 3.53. The average molecular weight is 411 g/mol. The molecular weight excluding hydrogens is 401 g/mol. The minimum Gasteiger partial charge on any atom is -0.345 e. The summed E-state index contributed by atoms with van der Waals surface area (Å²) in [5.41, 5.74) is -0.893. The van der Waals surface area contributed by atoms with Crippen molar-refractivity contribution in [1.29, 1.82) is 0 Å². The van der Waals surface area contributed by atoms with Crippen LogP contribution in [0, 0.1) is 11.6 Å². The molecule has 0 aliphatic heterocycles. The third-order valence-electron chi connectivity index (χ3n) is 3.74. The molecular formula is C18H10F5N3O3. The van der Waals surface area contributed by atoms with Crippen LogP contribution in [0.25, 0.3) is 11.4 Å². The van der Waals surface area contributed by atoms with Crippen molar-refractivity contribution in [1.82, 2.24) is 15.5 Å². The minimum atomic E-state index is -4.90. The molecule has 3 rings (SSSR count). The lowest BCUT2D eigenvalue weighted by molar-refractivity contribution is -0.159. The second kappa shape index (κ2) is 7.78. The van der Waals surface area contributed by atoms with E-state index in [-0.39, 0.29) is 5.56 Å². The van der Waals surface area contributed by atoms with Gasteiger partial charge in [-0.05, 0) is 12.1 Å². The first-order chi connectivity index (χ1) is 13.7. The number of nitrogens with one attached hydrogen (secondary N) is 1. The summed E-state index contributed by atoms with van der Waals surface area (Å²) in [5, 5.41) is 5.14. The number of Topliss-reactive ketones (excluding diaryl/α,β-unsaturated/α-hetero) is 1. The van der Waals surface area contributed by atoms with Gasteiger partial charge in [0.25, 0.3) is 5.91 Å². The van der Waals surface area contributed by atoms with Crippen molar-refractivity contribution < 1.29 is 36.1 Å². The molecule has 0 aliphatic carbocycles. The van der Waals surface area contributed by atoms with Gasteiger partial charge in [-0.25, -0.2) is 8.78 Å². The van der Waals surface area contributed by atoms with Crippen LogP contribution in [0.3, 0.4) is 0 Å². The van der Waals surface area contributed by atoms with E-state index in [9.17, 15) is 31.5 Å². The van der Waals surface area contributed by atoms with E-state index in [2.05, 4.69) is 20.0 Å². The molecule has 0 aliphatic rings. The highest BCUT2D eigenvalue weighted by Gasteiger charge is 2.38. The van der Waals surface area contributed by atoms with Crippen LogP contribution in [0.1, 0.15) is 21.8 Å². The highest BCUT2D eigenvalue weighted by Crippen LogP contribution is 2.30. The first-order valence-electron chi connectivity index (χ1n) is 7.93. The topological polar surface area (TPSA) is 85.1 Å². The van der Waals surface area contributed by atoms with Crippen LogP contribution in [-0.4, -0.2) is 21.8 Å². The van der Waals surface area contributed by atoms with Crippen molar-refractivity contribution in [3.05, 3.63) is 71.1 Å². The third-order valence-corrected chi connectivity index (χ3v) is 3.74. The number of ketones is 1. The minimum absolute atomic E-state index is 0.0962. The molecule has 0 saturated heterocycles. The number of hydrogen-bond acceptors (Lipinski definition) is 5. The lowest BCUT2D eigenvalue weighted by atomic mass is 10.1. The molecule has 1 aromatic heterocycles. The van der Waals surface area contributed by atoms with Crippen LogP contribution >= 0.6 is 0 Å². The fourth-order valence-corrected chi connectivity index (χ4v) is 2.33. The van der Waals surface area contributed by atoms with Crippen LogP contribution < -0.4 is 5.32 Å². The Hall–Kier alpha value is -3.63. The summed E-state index contributed by atoms with van der Waals surface area (Å²) in [5.74, 6) is -6.65. The van der Waals surface area contributed by atoms with Gasteiger partial charge in [-0.15, -0.1) is 0 Å². The van der Waals surface area contributed by atoms with Crippen LogP contribution in [0.4, 0.5) is 22.0 Å². The number of amides is 1. The van der Waals surface area contributed by atoms with Gasteiger partial charge in [-0.3, -0.25) is 9.59 Å². The fraction of sp³-hybridized carbons (Fsp3) is 0.111. The lowest BCUT2D eigenvalue weighted by Crippen LogP contribution is -2.31. The van der Waals surface area contributed by atoms with Crippen molar-refractivity contribution in [3.63, 3.8) is 0 Å². The fourth-order valence-electron chi connectivity index (χ4n) is 2.33. The number of aromatic nitrogens is 2. The molecule has 11 heteroatoms.